The summed E-state index contributed by atoms with van der Waals surface area (Å²) in [6, 6.07) is 9.40. The Morgan fingerprint density at radius 3 is 2.76 bits per heavy atom. The zero-order valence-electron chi connectivity index (χ0n) is 12.6. The van der Waals surface area contributed by atoms with Crippen LogP contribution in [0.2, 0.25) is 0 Å². The molecule has 5 nitrogen and oxygen atoms in total. The monoisotopic (exact) mass is 293 g/mol. The molecule has 2 rings (SSSR count). The van der Waals surface area contributed by atoms with E-state index in [0.29, 0.717) is 13.2 Å². The van der Waals surface area contributed by atoms with Crippen molar-refractivity contribution in [3.63, 3.8) is 0 Å². The van der Waals surface area contributed by atoms with Crippen molar-refractivity contribution < 1.29 is 19.4 Å². The Labute approximate surface area is 125 Å². The predicted octanol–water partition coefficient (Wildman–Crippen LogP) is 1.37. The SMILES string of the molecule is CC(C)OCC(=O)N1CCO[C@H](CO)[C@H]1c1ccccc1. The summed E-state index contributed by atoms with van der Waals surface area (Å²) in [6.45, 7) is 4.68. The molecule has 0 saturated carbocycles. The van der Waals surface area contributed by atoms with Gasteiger partial charge < -0.3 is 19.5 Å². The standard InChI is InChI=1S/C16H23NO4/c1-12(2)21-11-15(19)17-8-9-20-14(10-18)16(17)13-6-4-3-5-7-13/h3-7,12,14,16,18H,8-11H2,1-2H3/t14-,16-/m1/s1. The third-order valence-electron chi connectivity index (χ3n) is 3.53. The quantitative estimate of drug-likeness (QED) is 0.891. The highest BCUT2D eigenvalue weighted by Gasteiger charge is 2.35. The Hall–Kier alpha value is -1.43. The van der Waals surface area contributed by atoms with Gasteiger partial charge in [-0.2, -0.15) is 0 Å². The van der Waals surface area contributed by atoms with Gasteiger partial charge in [0.05, 0.1) is 25.4 Å². The van der Waals surface area contributed by atoms with Crippen molar-refractivity contribution in [3.05, 3.63) is 35.9 Å². The van der Waals surface area contributed by atoms with Gasteiger partial charge in [0.25, 0.3) is 0 Å². The molecule has 1 heterocycles. The average molecular weight is 293 g/mol. The lowest BCUT2D eigenvalue weighted by molar-refractivity contribution is -0.155. The Kier molecular flexibility index (Phi) is 5.73. The second kappa shape index (κ2) is 7.54. The number of carbonyl (C=O) groups is 1. The fourth-order valence-corrected chi connectivity index (χ4v) is 2.53. The molecule has 1 fully saturated rings. The Morgan fingerprint density at radius 1 is 1.43 bits per heavy atom. The van der Waals surface area contributed by atoms with Crippen molar-refractivity contribution in [2.24, 2.45) is 0 Å². The van der Waals surface area contributed by atoms with Crippen LogP contribution in [-0.4, -0.2) is 54.5 Å². The van der Waals surface area contributed by atoms with E-state index in [1.165, 1.54) is 0 Å². The van der Waals surface area contributed by atoms with E-state index in [2.05, 4.69) is 0 Å². The molecule has 1 aliphatic rings. The fraction of sp³-hybridized carbons (Fsp3) is 0.562. The van der Waals surface area contributed by atoms with Crippen LogP contribution in [0.4, 0.5) is 0 Å². The van der Waals surface area contributed by atoms with Gasteiger partial charge in [-0.15, -0.1) is 0 Å². The summed E-state index contributed by atoms with van der Waals surface area (Å²) >= 11 is 0. The van der Waals surface area contributed by atoms with Gasteiger partial charge in [0.1, 0.15) is 12.7 Å². The molecule has 1 aromatic rings. The summed E-state index contributed by atoms with van der Waals surface area (Å²) in [6.07, 6.45) is -0.386. The normalized spacial score (nSPS) is 22.6. The number of amides is 1. The van der Waals surface area contributed by atoms with E-state index in [1.54, 1.807) is 4.90 Å². The van der Waals surface area contributed by atoms with E-state index < -0.39 is 6.10 Å². The first-order valence-electron chi connectivity index (χ1n) is 7.32. The van der Waals surface area contributed by atoms with E-state index >= 15 is 0 Å². The fourth-order valence-electron chi connectivity index (χ4n) is 2.53. The minimum Gasteiger partial charge on any atom is -0.394 e. The highest BCUT2D eigenvalue weighted by molar-refractivity contribution is 5.78. The summed E-state index contributed by atoms with van der Waals surface area (Å²) in [5.74, 6) is -0.0701. The van der Waals surface area contributed by atoms with Crippen LogP contribution in [0.5, 0.6) is 0 Å². The predicted molar refractivity (Wildman–Crippen MR) is 78.8 cm³/mol. The van der Waals surface area contributed by atoms with Crippen LogP contribution in [0.25, 0.3) is 0 Å². The molecule has 0 bridgehead atoms. The van der Waals surface area contributed by atoms with Crippen LogP contribution in [0.15, 0.2) is 30.3 Å². The first kappa shape index (κ1) is 15.9. The molecule has 0 spiro atoms. The third kappa shape index (κ3) is 4.03. The highest BCUT2D eigenvalue weighted by Crippen LogP contribution is 2.29. The highest BCUT2D eigenvalue weighted by atomic mass is 16.5. The Bertz CT molecular complexity index is 449. The number of benzene rings is 1. The molecule has 5 heteroatoms. The summed E-state index contributed by atoms with van der Waals surface area (Å²) in [5, 5.41) is 9.55. The number of hydrogen-bond acceptors (Lipinski definition) is 4. The lowest BCUT2D eigenvalue weighted by Crippen LogP contribution is -2.50. The van der Waals surface area contributed by atoms with Crippen LogP contribution in [0, 0.1) is 0 Å². The lowest BCUT2D eigenvalue weighted by Gasteiger charge is -2.41. The zero-order valence-corrected chi connectivity index (χ0v) is 12.6. The van der Waals surface area contributed by atoms with Crippen molar-refractivity contribution in [2.75, 3.05) is 26.4 Å². The van der Waals surface area contributed by atoms with Gasteiger partial charge in [-0.3, -0.25) is 4.79 Å². The number of carbonyl (C=O) groups excluding carboxylic acids is 1. The molecule has 116 valence electrons. The minimum absolute atomic E-state index is 0.0128. The largest absolute Gasteiger partial charge is 0.394 e. The second-order valence-electron chi connectivity index (χ2n) is 5.39. The average Bonchev–Trinajstić information content (AvgIpc) is 2.52. The van der Waals surface area contributed by atoms with Crippen molar-refractivity contribution in [1.82, 2.24) is 4.90 Å². The summed E-state index contributed by atoms with van der Waals surface area (Å²) < 4.78 is 11.0. The summed E-state index contributed by atoms with van der Waals surface area (Å²) in [4.78, 5) is 14.2. The van der Waals surface area contributed by atoms with Crippen molar-refractivity contribution in [1.29, 1.82) is 0 Å². The molecule has 21 heavy (non-hydrogen) atoms. The molecule has 0 radical (unpaired) electrons. The van der Waals surface area contributed by atoms with E-state index in [0.717, 1.165) is 5.56 Å². The minimum atomic E-state index is -0.399. The van der Waals surface area contributed by atoms with Crippen molar-refractivity contribution >= 4 is 5.91 Å². The van der Waals surface area contributed by atoms with E-state index in [9.17, 15) is 9.90 Å². The number of rotatable bonds is 5. The number of ether oxygens (including phenoxy) is 2. The Balaban J connectivity index is 2.18. The third-order valence-corrected chi connectivity index (χ3v) is 3.53. The molecule has 1 aromatic carbocycles. The number of aliphatic hydroxyl groups excluding tert-OH is 1. The molecule has 1 aliphatic heterocycles. The molecular formula is C16H23NO4. The Morgan fingerprint density at radius 2 is 2.14 bits per heavy atom. The van der Waals surface area contributed by atoms with Gasteiger partial charge >= 0.3 is 0 Å². The smallest absolute Gasteiger partial charge is 0.249 e. The lowest BCUT2D eigenvalue weighted by atomic mass is 9.98. The first-order chi connectivity index (χ1) is 10.1. The zero-order chi connectivity index (χ0) is 15.2. The maximum atomic E-state index is 12.4. The number of nitrogens with zero attached hydrogens (tertiary/aromatic N) is 1. The van der Waals surface area contributed by atoms with Crippen LogP contribution in [0.3, 0.4) is 0 Å². The van der Waals surface area contributed by atoms with Crippen molar-refractivity contribution in [3.8, 4) is 0 Å². The number of hydrogen-bond donors (Lipinski definition) is 1. The van der Waals surface area contributed by atoms with Crippen molar-refractivity contribution in [2.45, 2.75) is 32.1 Å². The molecule has 1 N–H and O–H groups in total. The van der Waals surface area contributed by atoms with Crippen LogP contribution < -0.4 is 0 Å². The molecule has 1 saturated heterocycles. The topological polar surface area (TPSA) is 59.0 Å². The van der Waals surface area contributed by atoms with Crippen LogP contribution in [-0.2, 0) is 14.3 Å². The summed E-state index contributed by atoms with van der Waals surface area (Å²) in [5.41, 5.74) is 0.967. The maximum absolute atomic E-state index is 12.4. The van der Waals surface area contributed by atoms with E-state index in [1.807, 2.05) is 44.2 Å². The molecule has 1 amide bonds. The molecule has 0 aromatic heterocycles. The summed E-state index contributed by atoms with van der Waals surface area (Å²) in [7, 11) is 0. The van der Waals surface area contributed by atoms with Crippen LogP contribution in [0.1, 0.15) is 25.5 Å². The van der Waals surface area contributed by atoms with Gasteiger partial charge in [0.2, 0.25) is 5.91 Å². The molecular weight excluding hydrogens is 270 g/mol. The second-order valence-corrected chi connectivity index (χ2v) is 5.39. The van der Waals surface area contributed by atoms with Gasteiger partial charge in [-0.1, -0.05) is 30.3 Å². The van der Waals surface area contributed by atoms with Gasteiger partial charge in [-0.25, -0.2) is 0 Å². The number of aliphatic hydroxyl groups is 1. The molecule has 0 unspecified atom stereocenters. The van der Waals surface area contributed by atoms with Gasteiger partial charge in [0.15, 0.2) is 0 Å². The van der Waals surface area contributed by atoms with E-state index in [4.69, 9.17) is 9.47 Å². The number of morpholine rings is 1. The van der Waals surface area contributed by atoms with E-state index in [-0.39, 0.29) is 31.3 Å². The van der Waals surface area contributed by atoms with Gasteiger partial charge in [-0.05, 0) is 19.4 Å². The van der Waals surface area contributed by atoms with Crippen LogP contribution >= 0.6 is 0 Å². The first-order valence-corrected chi connectivity index (χ1v) is 7.32. The molecule has 0 aliphatic carbocycles. The maximum Gasteiger partial charge on any atom is 0.249 e. The van der Waals surface area contributed by atoms with Gasteiger partial charge in [0, 0.05) is 6.54 Å². The molecule has 2 atom stereocenters.